The Balaban J connectivity index is 2.48. The summed E-state index contributed by atoms with van der Waals surface area (Å²) in [6.45, 7) is 12.7. The first kappa shape index (κ1) is 16.4. The van der Waals surface area contributed by atoms with Crippen LogP contribution in [0.15, 0.2) is 0 Å². The molecule has 19 heavy (non-hydrogen) atoms. The zero-order valence-electron chi connectivity index (χ0n) is 12.8. The molecule has 1 atom stereocenters. The largest absolute Gasteiger partial charge is 0.395 e. The Bertz CT molecular complexity index is 289. The number of carbonyl (C=O) groups excluding carboxylic acids is 1. The molecule has 1 aliphatic rings. The van der Waals surface area contributed by atoms with Crippen LogP contribution in [-0.2, 0) is 4.79 Å². The number of β-amino-alcohol motifs (C(OH)–C–C–N with tert-alkyl or cyclic N) is 1. The lowest BCUT2D eigenvalue weighted by Crippen LogP contribution is -2.51. The summed E-state index contributed by atoms with van der Waals surface area (Å²) >= 11 is 0. The molecule has 0 aromatic heterocycles. The van der Waals surface area contributed by atoms with E-state index in [2.05, 4.69) is 15.1 Å². The second kappa shape index (κ2) is 7.22. The number of hydrogen-bond donors (Lipinski definition) is 2. The van der Waals surface area contributed by atoms with Crippen molar-refractivity contribution in [2.24, 2.45) is 0 Å². The van der Waals surface area contributed by atoms with E-state index < -0.39 is 0 Å². The maximum Gasteiger partial charge on any atom is 0.237 e. The quantitative estimate of drug-likeness (QED) is 0.772. The lowest BCUT2D eigenvalue weighted by molar-refractivity contribution is -0.127. The van der Waals surface area contributed by atoms with E-state index in [0.717, 1.165) is 39.1 Å². The Morgan fingerprint density at radius 3 is 2.53 bits per heavy atom. The minimum Gasteiger partial charge on any atom is -0.395 e. The molecule has 5 heteroatoms. The van der Waals surface area contributed by atoms with Gasteiger partial charge in [0.1, 0.15) is 0 Å². The van der Waals surface area contributed by atoms with Crippen LogP contribution in [0.3, 0.4) is 0 Å². The second-order valence-electron chi connectivity index (χ2n) is 6.37. The topological polar surface area (TPSA) is 55.8 Å². The van der Waals surface area contributed by atoms with E-state index in [4.69, 9.17) is 5.11 Å². The zero-order chi connectivity index (χ0) is 14.5. The summed E-state index contributed by atoms with van der Waals surface area (Å²) < 4.78 is 0. The lowest BCUT2D eigenvalue weighted by Gasteiger charge is -2.30. The van der Waals surface area contributed by atoms with Crippen molar-refractivity contribution in [1.29, 1.82) is 0 Å². The molecular weight excluding hydrogens is 242 g/mol. The maximum atomic E-state index is 12.2. The van der Waals surface area contributed by atoms with Crippen LogP contribution in [-0.4, -0.2) is 71.7 Å². The predicted molar refractivity (Wildman–Crippen MR) is 77.1 cm³/mol. The van der Waals surface area contributed by atoms with Crippen molar-refractivity contribution < 1.29 is 9.90 Å². The molecule has 5 nitrogen and oxygen atoms in total. The van der Waals surface area contributed by atoms with Gasteiger partial charge in [0, 0.05) is 31.7 Å². The van der Waals surface area contributed by atoms with E-state index >= 15 is 0 Å². The zero-order valence-corrected chi connectivity index (χ0v) is 12.8. The van der Waals surface area contributed by atoms with E-state index in [1.807, 2.05) is 27.7 Å². The summed E-state index contributed by atoms with van der Waals surface area (Å²) in [6.07, 6.45) is 1.05. The molecule has 1 unspecified atom stereocenters. The Hall–Kier alpha value is -0.650. The van der Waals surface area contributed by atoms with E-state index in [9.17, 15) is 4.79 Å². The molecule has 0 aromatic rings. The first-order valence-electron chi connectivity index (χ1n) is 7.23. The molecule has 1 fully saturated rings. The highest BCUT2D eigenvalue weighted by Crippen LogP contribution is 2.09. The van der Waals surface area contributed by atoms with Crippen LogP contribution in [0, 0.1) is 0 Å². The molecule has 1 heterocycles. The molecule has 0 aliphatic carbocycles. The average molecular weight is 271 g/mol. The summed E-state index contributed by atoms with van der Waals surface area (Å²) in [6, 6.07) is -0.0895. The average Bonchev–Trinajstić information content (AvgIpc) is 2.52. The van der Waals surface area contributed by atoms with Gasteiger partial charge >= 0.3 is 0 Å². The highest BCUT2D eigenvalue weighted by Gasteiger charge is 2.26. The molecule has 1 aliphatic heterocycles. The third-order valence-electron chi connectivity index (χ3n) is 3.46. The van der Waals surface area contributed by atoms with Crippen LogP contribution in [0.2, 0.25) is 0 Å². The molecule has 0 aromatic carbocycles. The minimum absolute atomic E-state index is 0.0895. The molecular formula is C14H29N3O2. The van der Waals surface area contributed by atoms with Crippen molar-refractivity contribution in [3.8, 4) is 0 Å². The fourth-order valence-electron chi connectivity index (χ4n) is 2.38. The van der Waals surface area contributed by atoms with Gasteiger partial charge in [0.05, 0.1) is 12.6 Å². The fraction of sp³-hybridized carbons (Fsp3) is 0.929. The van der Waals surface area contributed by atoms with Gasteiger partial charge in [0.25, 0.3) is 0 Å². The van der Waals surface area contributed by atoms with Gasteiger partial charge in [0.2, 0.25) is 5.91 Å². The third kappa shape index (κ3) is 5.89. The predicted octanol–water partition coefficient (Wildman–Crippen LogP) is 0.290. The molecule has 112 valence electrons. The van der Waals surface area contributed by atoms with Gasteiger partial charge in [-0.3, -0.25) is 14.6 Å². The smallest absolute Gasteiger partial charge is 0.237 e. The number of amides is 1. The molecule has 2 N–H and O–H groups in total. The SMILES string of the molecule is CC(C(=O)NC(C)(C)C)N1CCCN(CCO)CC1. The third-order valence-corrected chi connectivity index (χ3v) is 3.46. The van der Waals surface area contributed by atoms with E-state index in [0.29, 0.717) is 0 Å². The monoisotopic (exact) mass is 271 g/mol. The van der Waals surface area contributed by atoms with Gasteiger partial charge in [-0.15, -0.1) is 0 Å². The van der Waals surface area contributed by atoms with Crippen LogP contribution in [0.4, 0.5) is 0 Å². The lowest BCUT2D eigenvalue weighted by atomic mass is 10.1. The first-order chi connectivity index (χ1) is 8.83. The Kier molecular flexibility index (Phi) is 6.23. The number of aliphatic hydroxyl groups excluding tert-OH is 1. The second-order valence-corrected chi connectivity index (χ2v) is 6.37. The summed E-state index contributed by atoms with van der Waals surface area (Å²) in [5.41, 5.74) is -0.180. The number of nitrogens with one attached hydrogen (secondary N) is 1. The van der Waals surface area contributed by atoms with Crippen LogP contribution in [0.25, 0.3) is 0 Å². The Labute approximate surface area is 117 Å². The van der Waals surface area contributed by atoms with Gasteiger partial charge < -0.3 is 10.4 Å². The van der Waals surface area contributed by atoms with Crippen LogP contribution < -0.4 is 5.32 Å². The Morgan fingerprint density at radius 1 is 1.26 bits per heavy atom. The van der Waals surface area contributed by atoms with Crippen LogP contribution in [0.1, 0.15) is 34.1 Å². The van der Waals surface area contributed by atoms with Gasteiger partial charge in [-0.05, 0) is 40.7 Å². The van der Waals surface area contributed by atoms with Crippen molar-refractivity contribution in [3.05, 3.63) is 0 Å². The summed E-state index contributed by atoms with van der Waals surface area (Å²) in [5, 5.41) is 12.0. The van der Waals surface area contributed by atoms with Crippen molar-refractivity contribution in [2.45, 2.75) is 45.7 Å². The first-order valence-corrected chi connectivity index (χ1v) is 7.23. The molecule has 0 spiro atoms. The van der Waals surface area contributed by atoms with Crippen molar-refractivity contribution in [2.75, 3.05) is 39.3 Å². The fourth-order valence-corrected chi connectivity index (χ4v) is 2.38. The summed E-state index contributed by atoms with van der Waals surface area (Å²) in [5.74, 6) is 0.100. The molecule has 0 bridgehead atoms. The van der Waals surface area contributed by atoms with E-state index in [1.165, 1.54) is 0 Å². The molecule has 1 amide bonds. The van der Waals surface area contributed by atoms with Crippen LogP contribution >= 0.6 is 0 Å². The van der Waals surface area contributed by atoms with Crippen molar-refractivity contribution in [1.82, 2.24) is 15.1 Å². The maximum absolute atomic E-state index is 12.2. The minimum atomic E-state index is -0.180. The highest BCUT2D eigenvalue weighted by atomic mass is 16.3. The van der Waals surface area contributed by atoms with E-state index in [1.54, 1.807) is 0 Å². The summed E-state index contributed by atoms with van der Waals surface area (Å²) in [7, 11) is 0. The van der Waals surface area contributed by atoms with Crippen molar-refractivity contribution in [3.63, 3.8) is 0 Å². The van der Waals surface area contributed by atoms with Gasteiger partial charge in [-0.2, -0.15) is 0 Å². The normalized spacial score (nSPS) is 20.9. The Morgan fingerprint density at radius 2 is 1.95 bits per heavy atom. The van der Waals surface area contributed by atoms with Gasteiger partial charge in [-0.1, -0.05) is 0 Å². The number of aliphatic hydroxyl groups is 1. The molecule has 1 saturated heterocycles. The van der Waals surface area contributed by atoms with Crippen molar-refractivity contribution >= 4 is 5.91 Å². The molecule has 1 rings (SSSR count). The van der Waals surface area contributed by atoms with E-state index in [-0.39, 0.29) is 24.1 Å². The molecule has 0 radical (unpaired) electrons. The van der Waals surface area contributed by atoms with Gasteiger partial charge in [-0.25, -0.2) is 0 Å². The van der Waals surface area contributed by atoms with Crippen LogP contribution in [0.5, 0.6) is 0 Å². The number of rotatable bonds is 4. The highest BCUT2D eigenvalue weighted by molar-refractivity contribution is 5.81. The standard InChI is InChI=1S/C14H29N3O2/c1-12(13(19)15-14(2,3)4)17-7-5-6-16(8-9-17)10-11-18/h12,18H,5-11H2,1-4H3,(H,15,19). The number of hydrogen-bond acceptors (Lipinski definition) is 4. The molecule has 0 saturated carbocycles. The summed E-state index contributed by atoms with van der Waals surface area (Å²) in [4.78, 5) is 16.7. The number of carbonyl (C=O) groups is 1. The van der Waals surface area contributed by atoms with Gasteiger partial charge in [0.15, 0.2) is 0 Å². The number of nitrogens with zero attached hydrogens (tertiary/aromatic N) is 2.